The Morgan fingerprint density at radius 3 is 2.52 bits per heavy atom. The molecule has 0 radical (unpaired) electrons. The third-order valence-electron chi connectivity index (χ3n) is 3.66. The van der Waals surface area contributed by atoms with E-state index in [9.17, 15) is 4.79 Å². The first-order valence-electron chi connectivity index (χ1n) is 9.11. The summed E-state index contributed by atoms with van der Waals surface area (Å²) in [4.78, 5) is 19.0. The lowest BCUT2D eigenvalue weighted by molar-refractivity contribution is 0.0940. The molecular weight excluding hydrogens is 411 g/mol. The highest BCUT2D eigenvalue weighted by Crippen LogP contribution is 2.30. The van der Waals surface area contributed by atoms with Crippen LogP contribution in [0.15, 0.2) is 54.9 Å². The van der Waals surface area contributed by atoms with E-state index in [1.54, 1.807) is 18.5 Å². The number of aromatic nitrogens is 2. The number of carbonyl (C=O) groups is 1. The molecule has 4 N–H and O–H groups in total. The summed E-state index contributed by atoms with van der Waals surface area (Å²) in [6, 6.07) is 13.3. The predicted octanol–water partition coefficient (Wildman–Crippen LogP) is 4.61. The number of nitrogens with one attached hydrogen (secondary N) is 3. The number of hydrogen-bond acceptors (Lipinski definition) is 4. The molecule has 0 fully saturated rings. The molecule has 0 bridgehead atoms. The number of aromatic amines is 1. The van der Waals surface area contributed by atoms with Crippen LogP contribution in [0.1, 0.15) is 24.3 Å². The Morgan fingerprint density at radius 2 is 1.93 bits per heavy atom. The van der Waals surface area contributed by atoms with E-state index in [2.05, 4.69) is 20.6 Å². The molecule has 0 saturated carbocycles. The summed E-state index contributed by atoms with van der Waals surface area (Å²) < 4.78 is 0. The van der Waals surface area contributed by atoms with Gasteiger partial charge in [-0.2, -0.15) is 0 Å². The normalized spacial score (nSPS) is 10.3. The zero-order chi connectivity index (χ0) is 21.2. The maximum absolute atomic E-state index is 11.8. The summed E-state index contributed by atoms with van der Waals surface area (Å²) >= 11 is 11.7. The smallest absolute Gasteiger partial charge is 0.267 e. The Bertz CT molecular complexity index is 914. The lowest BCUT2D eigenvalue weighted by Gasteiger charge is -2.10. The van der Waals surface area contributed by atoms with E-state index in [0.29, 0.717) is 10.7 Å². The van der Waals surface area contributed by atoms with Crippen LogP contribution in [-0.2, 0) is 0 Å². The zero-order valence-corrected chi connectivity index (χ0v) is 17.8. The first kappa shape index (κ1) is 22.7. The van der Waals surface area contributed by atoms with Gasteiger partial charge in [-0.25, -0.2) is 4.98 Å². The summed E-state index contributed by atoms with van der Waals surface area (Å²) in [5.74, 6) is 0.452. The van der Waals surface area contributed by atoms with Crippen LogP contribution in [0.2, 0.25) is 10.0 Å². The Kier molecular flexibility index (Phi) is 8.99. The van der Waals surface area contributed by atoms with Gasteiger partial charge in [0.1, 0.15) is 11.5 Å². The molecule has 2 heterocycles. The minimum atomic E-state index is -0.272. The Morgan fingerprint density at radius 1 is 1.21 bits per heavy atom. The van der Waals surface area contributed by atoms with Gasteiger partial charge >= 0.3 is 0 Å². The van der Waals surface area contributed by atoms with Crippen LogP contribution in [0, 0.1) is 0 Å². The first-order valence-corrected chi connectivity index (χ1v) is 9.86. The summed E-state index contributed by atoms with van der Waals surface area (Å²) in [5, 5.41) is 15.8. The number of benzene rings is 1. The van der Waals surface area contributed by atoms with Crippen molar-refractivity contribution in [2.24, 2.45) is 0 Å². The number of pyridine rings is 1. The Hall–Kier alpha value is -2.54. The third-order valence-corrected chi connectivity index (χ3v) is 4.21. The van der Waals surface area contributed by atoms with Crippen molar-refractivity contribution in [3.63, 3.8) is 0 Å². The molecule has 0 aliphatic carbocycles. The largest absolute Gasteiger partial charge is 0.395 e. The van der Waals surface area contributed by atoms with Crippen LogP contribution in [0.4, 0.5) is 5.82 Å². The first-order chi connectivity index (χ1) is 13.9. The number of aliphatic hydroxyl groups excluding tert-OH is 1. The number of halogens is 2. The van der Waals surface area contributed by atoms with Crippen molar-refractivity contribution in [2.45, 2.75) is 19.9 Å². The number of nitrogens with zero attached hydrogens (tertiary/aromatic N) is 1. The summed E-state index contributed by atoms with van der Waals surface area (Å²) in [7, 11) is 0. The molecule has 154 valence electrons. The summed E-state index contributed by atoms with van der Waals surface area (Å²) in [6.07, 6.45) is 3.30. The van der Waals surface area contributed by atoms with E-state index in [1.807, 2.05) is 50.2 Å². The molecule has 1 aromatic carbocycles. The SMILES string of the molecule is CC(C)Nc1cc(-c2c[nH]c(C(=O)NCCO)c2)c(Cl)cn1.Clc1ccccc1. The van der Waals surface area contributed by atoms with Gasteiger partial charge in [0.15, 0.2) is 0 Å². The Balaban J connectivity index is 0.000000360. The second-order valence-electron chi connectivity index (χ2n) is 6.43. The van der Waals surface area contributed by atoms with Gasteiger partial charge in [0.05, 0.1) is 11.6 Å². The van der Waals surface area contributed by atoms with Gasteiger partial charge in [0, 0.05) is 41.1 Å². The average Bonchev–Trinajstić information content (AvgIpc) is 3.18. The molecule has 1 amide bonds. The lowest BCUT2D eigenvalue weighted by Crippen LogP contribution is -2.26. The minimum Gasteiger partial charge on any atom is -0.395 e. The predicted molar refractivity (Wildman–Crippen MR) is 119 cm³/mol. The van der Waals surface area contributed by atoms with Crippen molar-refractivity contribution in [1.29, 1.82) is 0 Å². The molecule has 2 aromatic heterocycles. The van der Waals surface area contributed by atoms with Gasteiger partial charge in [-0.05, 0) is 38.1 Å². The van der Waals surface area contributed by atoms with Crippen LogP contribution < -0.4 is 10.6 Å². The topological polar surface area (TPSA) is 90.0 Å². The van der Waals surface area contributed by atoms with E-state index in [-0.39, 0.29) is 25.1 Å². The summed E-state index contributed by atoms with van der Waals surface area (Å²) in [6.45, 7) is 4.16. The fraction of sp³-hybridized carbons (Fsp3) is 0.238. The van der Waals surface area contributed by atoms with Gasteiger partial charge in [0.2, 0.25) is 0 Å². The zero-order valence-electron chi connectivity index (χ0n) is 16.2. The van der Waals surface area contributed by atoms with Crippen molar-refractivity contribution in [1.82, 2.24) is 15.3 Å². The molecule has 0 aliphatic rings. The highest BCUT2D eigenvalue weighted by molar-refractivity contribution is 6.33. The van der Waals surface area contributed by atoms with Crippen molar-refractivity contribution >= 4 is 34.9 Å². The highest BCUT2D eigenvalue weighted by Gasteiger charge is 2.12. The van der Waals surface area contributed by atoms with E-state index >= 15 is 0 Å². The molecule has 8 heteroatoms. The standard InChI is InChI=1S/C15H19ClN4O2.C6H5Cl/c1-9(2)20-14-6-11(12(16)8-19-14)10-5-13(18-7-10)15(22)17-3-4-21;7-6-4-2-1-3-5-6/h5-9,18,21H,3-4H2,1-2H3,(H,17,22)(H,19,20);1-5H. The molecule has 29 heavy (non-hydrogen) atoms. The van der Waals surface area contributed by atoms with Crippen LogP contribution in [0.5, 0.6) is 0 Å². The molecule has 6 nitrogen and oxygen atoms in total. The van der Waals surface area contributed by atoms with Crippen LogP contribution in [0.25, 0.3) is 11.1 Å². The fourth-order valence-electron chi connectivity index (χ4n) is 2.39. The van der Waals surface area contributed by atoms with E-state index in [4.69, 9.17) is 28.3 Å². The second kappa shape index (κ2) is 11.5. The van der Waals surface area contributed by atoms with Crippen molar-refractivity contribution < 1.29 is 9.90 Å². The molecule has 3 rings (SSSR count). The van der Waals surface area contributed by atoms with Crippen molar-refractivity contribution in [3.8, 4) is 11.1 Å². The van der Waals surface area contributed by atoms with Crippen LogP contribution >= 0.6 is 23.2 Å². The number of carbonyl (C=O) groups excluding carboxylic acids is 1. The second-order valence-corrected chi connectivity index (χ2v) is 7.27. The number of H-pyrrole nitrogens is 1. The third kappa shape index (κ3) is 7.42. The number of amides is 1. The summed E-state index contributed by atoms with van der Waals surface area (Å²) in [5.41, 5.74) is 2.00. The maximum Gasteiger partial charge on any atom is 0.267 e. The maximum atomic E-state index is 11.8. The number of anilines is 1. The van der Waals surface area contributed by atoms with E-state index in [0.717, 1.165) is 22.0 Å². The van der Waals surface area contributed by atoms with Crippen LogP contribution in [-0.4, -0.2) is 40.2 Å². The number of aliphatic hydroxyl groups is 1. The van der Waals surface area contributed by atoms with Crippen LogP contribution in [0.3, 0.4) is 0 Å². The fourth-order valence-corrected chi connectivity index (χ4v) is 2.75. The minimum absolute atomic E-state index is 0.0975. The molecule has 3 aromatic rings. The van der Waals surface area contributed by atoms with E-state index < -0.39 is 0 Å². The van der Waals surface area contributed by atoms with Gasteiger partial charge in [-0.1, -0.05) is 41.4 Å². The van der Waals surface area contributed by atoms with Crippen molar-refractivity contribution in [2.75, 3.05) is 18.5 Å². The molecule has 0 unspecified atom stereocenters. The molecular formula is C21H24Cl2N4O2. The molecule has 0 aliphatic heterocycles. The Labute approximate surface area is 180 Å². The van der Waals surface area contributed by atoms with Crippen molar-refractivity contribution in [3.05, 3.63) is 70.6 Å². The molecule has 0 saturated heterocycles. The highest BCUT2D eigenvalue weighted by atomic mass is 35.5. The average molecular weight is 435 g/mol. The molecule has 0 atom stereocenters. The number of rotatable bonds is 6. The van der Waals surface area contributed by atoms with Gasteiger partial charge in [0.25, 0.3) is 5.91 Å². The number of hydrogen-bond donors (Lipinski definition) is 4. The van der Waals surface area contributed by atoms with Gasteiger partial charge in [-0.3, -0.25) is 4.79 Å². The lowest BCUT2D eigenvalue weighted by atomic mass is 10.1. The quantitative estimate of drug-likeness (QED) is 0.455. The van der Waals surface area contributed by atoms with Gasteiger partial charge < -0.3 is 20.7 Å². The van der Waals surface area contributed by atoms with E-state index in [1.165, 1.54) is 0 Å². The molecule has 0 spiro atoms. The van der Waals surface area contributed by atoms with Gasteiger partial charge in [-0.15, -0.1) is 0 Å². The monoisotopic (exact) mass is 434 g/mol.